The topological polar surface area (TPSA) is 115 Å². The van der Waals surface area contributed by atoms with Gasteiger partial charge in [0.2, 0.25) is 0 Å². The number of rotatable bonds is 8. The Morgan fingerprint density at radius 3 is 2.47 bits per heavy atom. The summed E-state index contributed by atoms with van der Waals surface area (Å²) in [6, 6.07) is 9.18. The van der Waals surface area contributed by atoms with Gasteiger partial charge in [-0.25, -0.2) is 0 Å². The van der Waals surface area contributed by atoms with Crippen LogP contribution in [-0.2, 0) is 9.59 Å². The highest BCUT2D eigenvalue weighted by atomic mass is 16.6. The van der Waals surface area contributed by atoms with Crippen molar-refractivity contribution in [1.82, 2.24) is 0 Å². The highest BCUT2D eigenvalue weighted by Crippen LogP contribution is 2.28. The van der Waals surface area contributed by atoms with Gasteiger partial charge in [-0.05, 0) is 44.0 Å². The van der Waals surface area contributed by atoms with Gasteiger partial charge in [-0.2, -0.15) is 0 Å². The molecular weight excluding hydrogens is 388 g/mol. The van der Waals surface area contributed by atoms with Crippen LogP contribution >= 0.6 is 0 Å². The van der Waals surface area contributed by atoms with Crippen molar-refractivity contribution < 1.29 is 24.1 Å². The van der Waals surface area contributed by atoms with Crippen molar-refractivity contribution in [3.8, 4) is 5.75 Å². The summed E-state index contributed by atoms with van der Waals surface area (Å²) >= 11 is 0. The first-order chi connectivity index (χ1) is 14.1. The van der Waals surface area contributed by atoms with Crippen molar-refractivity contribution in [3.63, 3.8) is 0 Å². The molecule has 0 fully saturated rings. The molecule has 0 saturated carbocycles. The lowest BCUT2D eigenvalue weighted by atomic mass is 10.1. The quantitative estimate of drug-likeness (QED) is 0.448. The molecule has 0 radical (unpaired) electrons. The average molecular weight is 415 g/mol. The van der Waals surface area contributed by atoms with E-state index in [9.17, 15) is 19.7 Å². The Labute approximate surface area is 175 Å². The maximum atomic E-state index is 12.7. The number of carbonyl (C=O) groups is 2. The second kappa shape index (κ2) is 9.84. The van der Waals surface area contributed by atoms with Crippen molar-refractivity contribution in [2.24, 2.45) is 0 Å². The number of nitro benzene ring substituents is 1. The van der Waals surface area contributed by atoms with E-state index in [2.05, 4.69) is 10.6 Å². The van der Waals surface area contributed by atoms with Crippen LogP contribution in [-0.4, -0.2) is 43.5 Å². The van der Waals surface area contributed by atoms with Crippen LogP contribution in [0.25, 0.3) is 0 Å². The number of non-ortho nitro benzene ring substituents is 1. The van der Waals surface area contributed by atoms with Crippen LogP contribution in [0.5, 0.6) is 5.75 Å². The summed E-state index contributed by atoms with van der Waals surface area (Å²) in [4.78, 5) is 36.2. The third-order valence-electron chi connectivity index (χ3n) is 4.89. The SMILES string of the molecule is COc1ccc([N+](=O)[O-])cc1NC(=O)[C@@H](C)[NH+](C)CC(=O)Nc1cc(C)ccc1C. The summed E-state index contributed by atoms with van der Waals surface area (Å²) in [7, 11) is 3.15. The lowest BCUT2D eigenvalue weighted by Gasteiger charge is -2.21. The number of anilines is 2. The maximum Gasteiger partial charge on any atom is 0.282 e. The molecule has 0 aromatic heterocycles. The predicted octanol–water partition coefficient (Wildman–Crippen LogP) is 1.70. The number of nitrogens with one attached hydrogen (secondary N) is 3. The van der Waals surface area contributed by atoms with Crippen LogP contribution in [0.4, 0.5) is 17.1 Å². The summed E-state index contributed by atoms with van der Waals surface area (Å²) < 4.78 is 5.16. The number of carbonyl (C=O) groups excluding carboxylic acids is 2. The standard InChI is InChI=1S/C21H26N4O5/c1-13-6-7-14(2)17(10-13)22-20(26)12-24(4)15(3)21(27)23-18-11-16(25(28)29)8-9-19(18)30-5/h6-11,15H,12H2,1-5H3,(H,22,26)(H,23,27)/p+1/t15-/m1/s1. The van der Waals surface area contributed by atoms with E-state index in [-0.39, 0.29) is 29.7 Å². The molecule has 1 unspecified atom stereocenters. The third-order valence-corrected chi connectivity index (χ3v) is 4.89. The molecule has 0 aliphatic carbocycles. The van der Waals surface area contributed by atoms with Gasteiger partial charge in [0.05, 0.1) is 24.8 Å². The fraction of sp³-hybridized carbons (Fsp3) is 0.333. The molecule has 2 aromatic carbocycles. The molecule has 0 saturated heterocycles. The zero-order valence-corrected chi connectivity index (χ0v) is 17.7. The van der Waals surface area contributed by atoms with Crippen LogP contribution in [0.3, 0.4) is 0 Å². The Morgan fingerprint density at radius 2 is 1.83 bits per heavy atom. The van der Waals surface area contributed by atoms with Gasteiger partial charge >= 0.3 is 0 Å². The number of likely N-dealkylation sites (N-methyl/N-ethyl adjacent to an activating group) is 1. The van der Waals surface area contributed by atoms with Crippen molar-refractivity contribution in [2.75, 3.05) is 31.3 Å². The van der Waals surface area contributed by atoms with Crippen molar-refractivity contribution >= 4 is 28.9 Å². The van der Waals surface area contributed by atoms with E-state index in [1.165, 1.54) is 25.3 Å². The fourth-order valence-electron chi connectivity index (χ4n) is 2.84. The molecule has 0 heterocycles. The number of nitro groups is 1. The van der Waals surface area contributed by atoms with Gasteiger partial charge in [-0.1, -0.05) is 12.1 Å². The molecule has 2 amide bonds. The van der Waals surface area contributed by atoms with Gasteiger partial charge in [0.25, 0.3) is 17.5 Å². The minimum atomic E-state index is -0.585. The van der Waals surface area contributed by atoms with Crippen molar-refractivity contribution in [1.29, 1.82) is 0 Å². The molecule has 160 valence electrons. The monoisotopic (exact) mass is 415 g/mol. The molecular formula is C21H27N4O5+. The van der Waals surface area contributed by atoms with E-state index >= 15 is 0 Å². The molecule has 0 aliphatic rings. The summed E-state index contributed by atoms with van der Waals surface area (Å²) in [6.45, 7) is 5.61. The lowest BCUT2D eigenvalue weighted by molar-refractivity contribution is -0.885. The van der Waals surface area contributed by atoms with Crippen LogP contribution in [0.15, 0.2) is 36.4 Å². The number of quaternary nitrogens is 1. The zero-order chi connectivity index (χ0) is 22.4. The number of hydrogen-bond acceptors (Lipinski definition) is 5. The largest absolute Gasteiger partial charge is 0.495 e. The Hall–Kier alpha value is -3.46. The first kappa shape index (κ1) is 22.8. The number of amides is 2. The number of methoxy groups -OCH3 is 1. The molecule has 2 aromatic rings. The molecule has 9 heteroatoms. The van der Waals surface area contributed by atoms with E-state index < -0.39 is 11.0 Å². The smallest absolute Gasteiger partial charge is 0.282 e. The molecule has 0 aliphatic heterocycles. The van der Waals surface area contributed by atoms with Gasteiger partial charge in [0.15, 0.2) is 12.6 Å². The maximum absolute atomic E-state index is 12.7. The van der Waals surface area contributed by atoms with E-state index in [1.807, 2.05) is 32.0 Å². The summed E-state index contributed by atoms with van der Waals surface area (Å²) in [5.41, 5.74) is 2.78. The van der Waals surface area contributed by atoms with Crippen molar-refractivity contribution in [2.45, 2.75) is 26.8 Å². The number of hydrogen-bond donors (Lipinski definition) is 3. The first-order valence-corrected chi connectivity index (χ1v) is 9.45. The predicted molar refractivity (Wildman–Crippen MR) is 114 cm³/mol. The Kier molecular flexibility index (Phi) is 7.48. The third kappa shape index (κ3) is 5.77. The molecule has 0 bridgehead atoms. The minimum absolute atomic E-state index is 0.0774. The van der Waals surface area contributed by atoms with Gasteiger partial charge in [0.1, 0.15) is 5.75 Å². The molecule has 3 N–H and O–H groups in total. The normalized spacial score (nSPS) is 12.6. The lowest BCUT2D eigenvalue weighted by Crippen LogP contribution is -3.14. The second-order valence-electron chi connectivity index (χ2n) is 7.24. The van der Waals surface area contributed by atoms with Gasteiger partial charge < -0.3 is 20.3 Å². The number of nitrogens with zero attached hydrogens (tertiary/aromatic N) is 1. The van der Waals surface area contributed by atoms with Gasteiger partial charge in [-0.3, -0.25) is 19.7 Å². The Bertz CT molecular complexity index is 960. The van der Waals surface area contributed by atoms with Crippen LogP contribution in [0.2, 0.25) is 0 Å². The number of aryl methyl sites for hydroxylation is 2. The summed E-state index contributed by atoms with van der Waals surface area (Å²) in [6.07, 6.45) is 0. The second-order valence-corrected chi connectivity index (χ2v) is 7.24. The summed E-state index contributed by atoms with van der Waals surface area (Å²) in [5, 5.41) is 16.5. The van der Waals surface area contributed by atoms with Gasteiger partial charge in [0, 0.05) is 17.8 Å². The fourth-order valence-corrected chi connectivity index (χ4v) is 2.84. The zero-order valence-electron chi connectivity index (χ0n) is 17.7. The van der Waals surface area contributed by atoms with E-state index in [0.717, 1.165) is 16.8 Å². The molecule has 30 heavy (non-hydrogen) atoms. The van der Waals surface area contributed by atoms with Gasteiger partial charge in [-0.15, -0.1) is 0 Å². The van der Waals surface area contributed by atoms with E-state index in [0.29, 0.717) is 10.6 Å². The number of ether oxygens (including phenoxy) is 1. The first-order valence-electron chi connectivity index (χ1n) is 9.45. The van der Waals surface area contributed by atoms with E-state index in [4.69, 9.17) is 4.74 Å². The molecule has 9 nitrogen and oxygen atoms in total. The summed E-state index contributed by atoms with van der Waals surface area (Å²) in [5.74, 6) is -0.286. The Morgan fingerprint density at radius 1 is 1.13 bits per heavy atom. The average Bonchev–Trinajstić information content (AvgIpc) is 2.69. The Balaban J connectivity index is 2.03. The van der Waals surface area contributed by atoms with Crippen LogP contribution in [0, 0.1) is 24.0 Å². The minimum Gasteiger partial charge on any atom is -0.495 e. The van der Waals surface area contributed by atoms with Crippen LogP contribution in [0.1, 0.15) is 18.1 Å². The number of benzene rings is 2. The molecule has 0 spiro atoms. The molecule has 2 atom stereocenters. The van der Waals surface area contributed by atoms with E-state index in [1.54, 1.807) is 14.0 Å². The van der Waals surface area contributed by atoms with Crippen LogP contribution < -0.4 is 20.3 Å². The molecule has 2 rings (SSSR count). The highest BCUT2D eigenvalue weighted by molar-refractivity contribution is 5.96. The highest BCUT2D eigenvalue weighted by Gasteiger charge is 2.25. The van der Waals surface area contributed by atoms with Crippen molar-refractivity contribution in [3.05, 3.63) is 57.6 Å².